The molecule has 1 amide bonds. The van der Waals surface area contributed by atoms with Crippen molar-refractivity contribution in [1.29, 1.82) is 10.7 Å². The Kier molecular flexibility index (Phi) is 4.33. The Morgan fingerprint density at radius 3 is 2.81 bits per heavy atom. The van der Waals surface area contributed by atoms with Crippen molar-refractivity contribution in [2.75, 3.05) is 17.7 Å². The summed E-state index contributed by atoms with van der Waals surface area (Å²) in [5.74, 6) is -3.20. The Bertz CT molecular complexity index is 1080. The molecule has 9 heteroatoms. The first-order chi connectivity index (χ1) is 12.5. The molecule has 3 rings (SSSR count). The fraction of sp³-hybridized carbons (Fsp3) is 0.0588. The fourth-order valence-electron chi connectivity index (χ4n) is 2.56. The number of aromatic amines is 1. The largest absolute Gasteiger partial charge is 0.387 e. The van der Waals surface area contributed by atoms with Crippen molar-refractivity contribution < 1.29 is 13.6 Å². The highest BCUT2D eigenvalue weighted by atomic mass is 19.1. The van der Waals surface area contributed by atoms with Crippen LogP contribution >= 0.6 is 0 Å². The van der Waals surface area contributed by atoms with Crippen molar-refractivity contribution in [3.05, 3.63) is 52.7 Å². The number of rotatable bonds is 4. The summed E-state index contributed by atoms with van der Waals surface area (Å²) in [6, 6.07) is 7.42. The minimum Gasteiger partial charge on any atom is -0.387 e. The van der Waals surface area contributed by atoms with Gasteiger partial charge in [-0.05, 0) is 24.3 Å². The molecule has 0 aliphatic heterocycles. The first kappa shape index (κ1) is 17.0. The minimum absolute atomic E-state index is 0.0602. The minimum atomic E-state index is -1.14. The van der Waals surface area contributed by atoms with Gasteiger partial charge in [0.25, 0.3) is 5.91 Å². The lowest BCUT2D eigenvalue weighted by Gasteiger charge is -2.12. The summed E-state index contributed by atoms with van der Waals surface area (Å²) in [5, 5.41) is 28.2. The van der Waals surface area contributed by atoms with Crippen LogP contribution in [0.4, 0.5) is 20.2 Å². The second kappa shape index (κ2) is 6.60. The van der Waals surface area contributed by atoms with Gasteiger partial charge < -0.3 is 16.0 Å². The van der Waals surface area contributed by atoms with E-state index in [4.69, 9.17) is 10.7 Å². The zero-order chi connectivity index (χ0) is 18.8. The molecular weight excluding hydrogens is 342 g/mol. The Labute approximate surface area is 146 Å². The number of H-pyrrole nitrogens is 1. The van der Waals surface area contributed by atoms with Crippen molar-refractivity contribution in [2.24, 2.45) is 0 Å². The van der Waals surface area contributed by atoms with E-state index in [-0.39, 0.29) is 22.6 Å². The lowest BCUT2D eigenvalue weighted by molar-refractivity contribution is 0.101. The number of halogens is 2. The van der Waals surface area contributed by atoms with Crippen LogP contribution < -0.4 is 10.6 Å². The molecule has 0 saturated heterocycles. The van der Waals surface area contributed by atoms with E-state index in [0.717, 1.165) is 6.07 Å². The summed E-state index contributed by atoms with van der Waals surface area (Å²) in [6.45, 7) is 0. The van der Waals surface area contributed by atoms with Crippen LogP contribution in [0.2, 0.25) is 0 Å². The SMILES string of the molecule is CNc1cc(F)c(C(=O)Nc2ccc3[nH]nc(C#N)c3c2)c(F)c1C=N. The van der Waals surface area contributed by atoms with Crippen LogP contribution in [-0.2, 0) is 0 Å². The molecule has 0 atom stereocenters. The van der Waals surface area contributed by atoms with Gasteiger partial charge >= 0.3 is 0 Å². The number of nitrogens with zero attached hydrogens (tertiary/aromatic N) is 2. The first-order valence-corrected chi connectivity index (χ1v) is 7.40. The van der Waals surface area contributed by atoms with Gasteiger partial charge in [-0.3, -0.25) is 9.89 Å². The molecule has 1 aromatic heterocycles. The van der Waals surface area contributed by atoms with Gasteiger partial charge in [-0.2, -0.15) is 10.4 Å². The molecule has 3 aromatic rings. The Balaban J connectivity index is 2.01. The second-order valence-electron chi connectivity index (χ2n) is 5.30. The van der Waals surface area contributed by atoms with Crippen molar-refractivity contribution in [1.82, 2.24) is 10.2 Å². The highest BCUT2D eigenvalue weighted by Gasteiger charge is 2.23. The van der Waals surface area contributed by atoms with E-state index >= 15 is 0 Å². The summed E-state index contributed by atoms with van der Waals surface area (Å²) >= 11 is 0. The summed E-state index contributed by atoms with van der Waals surface area (Å²) in [6.07, 6.45) is 0.702. The molecule has 0 fully saturated rings. The number of nitriles is 1. The molecule has 1 heterocycles. The summed E-state index contributed by atoms with van der Waals surface area (Å²) in [4.78, 5) is 12.4. The topological polar surface area (TPSA) is 117 Å². The maximum Gasteiger partial charge on any atom is 0.261 e. The molecule has 0 aliphatic carbocycles. The molecule has 0 bridgehead atoms. The van der Waals surface area contributed by atoms with Crippen LogP contribution in [0.15, 0.2) is 24.3 Å². The van der Waals surface area contributed by atoms with E-state index in [1.54, 1.807) is 6.07 Å². The molecule has 0 saturated carbocycles. The first-order valence-electron chi connectivity index (χ1n) is 7.40. The third-order valence-electron chi connectivity index (χ3n) is 3.82. The molecule has 0 unspecified atom stereocenters. The molecule has 0 spiro atoms. The number of aromatic nitrogens is 2. The van der Waals surface area contributed by atoms with E-state index in [2.05, 4.69) is 20.8 Å². The van der Waals surface area contributed by atoms with Crippen molar-refractivity contribution in [3.8, 4) is 6.07 Å². The second-order valence-corrected chi connectivity index (χ2v) is 5.30. The molecule has 0 radical (unpaired) electrons. The van der Waals surface area contributed by atoms with Crippen LogP contribution in [0.1, 0.15) is 21.6 Å². The standard InChI is InChI=1S/C17H12F2N6O/c1-22-13-5-11(18)15(16(19)10(13)6-20)17(26)23-8-2-3-12-9(4-8)14(7-21)25-24-12/h2-6,20,22H,1H3,(H,23,26)(H,24,25). The zero-order valence-electron chi connectivity index (χ0n) is 13.4. The van der Waals surface area contributed by atoms with Crippen LogP contribution in [0.5, 0.6) is 0 Å². The number of hydrogen-bond donors (Lipinski definition) is 4. The van der Waals surface area contributed by atoms with Crippen molar-refractivity contribution >= 4 is 34.4 Å². The summed E-state index contributed by atoms with van der Waals surface area (Å²) < 4.78 is 28.7. The van der Waals surface area contributed by atoms with Gasteiger partial charge in [0.2, 0.25) is 0 Å². The number of carbonyl (C=O) groups excluding carboxylic acids is 1. The maximum absolute atomic E-state index is 14.5. The summed E-state index contributed by atoms with van der Waals surface area (Å²) in [5.41, 5.74) is 0.00373. The smallest absolute Gasteiger partial charge is 0.261 e. The average molecular weight is 354 g/mol. The van der Waals surface area contributed by atoms with E-state index in [1.165, 1.54) is 19.2 Å². The lowest BCUT2D eigenvalue weighted by Crippen LogP contribution is -2.18. The molecular formula is C17H12F2N6O. The predicted molar refractivity (Wildman–Crippen MR) is 92.6 cm³/mol. The van der Waals surface area contributed by atoms with Crippen LogP contribution in [0, 0.1) is 28.4 Å². The number of carbonyl (C=O) groups is 1. The number of amides is 1. The number of hydrogen-bond acceptors (Lipinski definition) is 5. The number of nitrogens with one attached hydrogen (secondary N) is 4. The van der Waals surface area contributed by atoms with Gasteiger partial charge in [0.1, 0.15) is 23.3 Å². The molecule has 4 N–H and O–H groups in total. The number of fused-ring (bicyclic) bond motifs is 1. The van der Waals surface area contributed by atoms with Crippen LogP contribution in [0.25, 0.3) is 10.9 Å². The van der Waals surface area contributed by atoms with E-state index in [0.29, 0.717) is 17.1 Å². The van der Waals surface area contributed by atoms with Gasteiger partial charge in [0.15, 0.2) is 5.69 Å². The quantitative estimate of drug-likeness (QED) is 0.539. The summed E-state index contributed by atoms with van der Waals surface area (Å²) in [7, 11) is 1.45. The normalized spacial score (nSPS) is 10.4. The number of anilines is 2. The molecule has 7 nitrogen and oxygen atoms in total. The Hall–Kier alpha value is -3.80. The lowest BCUT2D eigenvalue weighted by atomic mass is 10.1. The molecule has 26 heavy (non-hydrogen) atoms. The van der Waals surface area contributed by atoms with Gasteiger partial charge in [0, 0.05) is 30.0 Å². The van der Waals surface area contributed by atoms with Gasteiger partial charge in [-0.1, -0.05) is 0 Å². The zero-order valence-corrected chi connectivity index (χ0v) is 13.4. The predicted octanol–water partition coefficient (Wildman–Crippen LogP) is 3.00. The van der Waals surface area contributed by atoms with E-state index in [9.17, 15) is 13.6 Å². The maximum atomic E-state index is 14.5. The van der Waals surface area contributed by atoms with Gasteiger partial charge in [0.05, 0.1) is 11.1 Å². The van der Waals surface area contributed by atoms with Gasteiger partial charge in [-0.15, -0.1) is 0 Å². The Morgan fingerprint density at radius 1 is 1.38 bits per heavy atom. The Morgan fingerprint density at radius 2 is 2.15 bits per heavy atom. The molecule has 0 aliphatic rings. The molecule has 2 aromatic carbocycles. The van der Waals surface area contributed by atoms with Gasteiger partial charge in [-0.25, -0.2) is 8.78 Å². The van der Waals surface area contributed by atoms with Crippen LogP contribution in [-0.4, -0.2) is 29.4 Å². The third kappa shape index (κ3) is 2.73. The third-order valence-corrected chi connectivity index (χ3v) is 3.82. The van der Waals surface area contributed by atoms with Crippen LogP contribution in [0.3, 0.4) is 0 Å². The van der Waals surface area contributed by atoms with Crippen molar-refractivity contribution in [2.45, 2.75) is 0 Å². The van der Waals surface area contributed by atoms with Crippen molar-refractivity contribution in [3.63, 3.8) is 0 Å². The van der Waals surface area contributed by atoms with E-state index < -0.39 is 23.1 Å². The molecule has 130 valence electrons. The monoisotopic (exact) mass is 354 g/mol. The highest BCUT2D eigenvalue weighted by molar-refractivity contribution is 6.07. The average Bonchev–Trinajstić information content (AvgIpc) is 3.03. The fourth-order valence-corrected chi connectivity index (χ4v) is 2.56. The highest BCUT2D eigenvalue weighted by Crippen LogP contribution is 2.26. The number of benzene rings is 2. The van der Waals surface area contributed by atoms with E-state index in [1.807, 2.05) is 6.07 Å².